The van der Waals surface area contributed by atoms with Crippen molar-refractivity contribution in [3.63, 3.8) is 0 Å². The van der Waals surface area contributed by atoms with Crippen LogP contribution in [0.4, 0.5) is 5.00 Å². The van der Waals surface area contributed by atoms with Gasteiger partial charge in [-0.15, -0.1) is 11.3 Å². The molecule has 7 nitrogen and oxygen atoms in total. The van der Waals surface area contributed by atoms with E-state index in [9.17, 15) is 14.9 Å². The number of nitrogens with one attached hydrogen (secondary N) is 1. The van der Waals surface area contributed by atoms with Gasteiger partial charge in [-0.2, -0.15) is 5.26 Å². The Kier molecular flexibility index (Phi) is 5.81. The number of para-hydroxylation sites is 1. The summed E-state index contributed by atoms with van der Waals surface area (Å²) in [6.07, 6.45) is 4.01. The van der Waals surface area contributed by atoms with Crippen LogP contribution in [0, 0.1) is 11.3 Å². The number of hydrogen-bond donors (Lipinski definition) is 1. The summed E-state index contributed by atoms with van der Waals surface area (Å²) in [4.78, 5) is 26.1. The maximum Gasteiger partial charge on any atom is 0.312 e. The zero-order valence-electron chi connectivity index (χ0n) is 16.6. The van der Waals surface area contributed by atoms with Crippen LogP contribution in [0.2, 0.25) is 0 Å². The normalized spacial score (nSPS) is 14.4. The van der Waals surface area contributed by atoms with Crippen molar-refractivity contribution < 1.29 is 18.8 Å². The molecule has 154 valence electrons. The molecule has 1 N–H and O–H groups in total. The third-order valence-corrected chi connectivity index (χ3v) is 6.42. The first kappa shape index (κ1) is 20.1. The standard InChI is InChI=1S/C22H21N3O4S/c1-13(28-20(26)11-17-15-8-5-6-9-18(15)29-25-17)21(27)24-22-16(12-23)14-7-3-2-4-10-19(14)30-22/h5-6,8-9,13H,2-4,7,10-11H2,1H3,(H,24,27). The van der Waals surface area contributed by atoms with Gasteiger partial charge in [-0.05, 0) is 50.3 Å². The van der Waals surface area contributed by atoms with Crippen LogP contribution < -0.4 is 5.32 Å². The first-order chi connectivity index (χ1) is 14.6. The van der Waals surface area contributed by atoms with Crippen LogP contribution in [0.15, 0.2) is 28.8 Å². The van der Waals surface area contributed by atoms with Crippen LogP contribution in [0.1, 0.15) is 47.9 Å². The molecule has 0 bridgehead atoms. The SMILES string of the molecule is CC(OC(=O)Cc1noc2ccccc12)C(=O)Nc1sc2c(c1C#N)CCCCC2. The number of hydrogen-bond acceptors (Lipinski definition) is 7. The van der Waals surface area contributed by atoms with Gasteiger partial charge in [-0.3, -0.25) is 9.59 Å². The minimum Gasteiger partial charge on any atom is -0.452 e. The van der Waals surface area contributed by atoms with E-state index in [1.807, 2.05) is 18.2 Å². The van der Waals surface area contributed by atoms with Crippen molar-refractivity contribution in [1.82, 2.24) is 5.16 Å². The minimum atomic E-state index is -0.996. The molecule has 0 fully saturated rings. The summed E-state index contributed by atoms with van der Waals surface area (Å²) in [5.74, 6) is -1.03. The van der Waals surface area contributed by atoms with Gasteiger partial charge in [-0.25, -0.2) is 0 Å². The molecule has 0 saturated carbocycles. The Morgan fingerprint density at radius 1 is 1.30 bits per heavy atom. The van der Waals surface area contributed by atoms with Gasteiger partial charge < -0.3 is 14.6 Å². The van der Waals surface area contributed by atoms with E-state index in [4.69, 9.17) is 9.26 Å². The lowest BCUT2D eigenvalue weighted by Crippen LogP contribution is -2.30. The van der Waals surface area contributed by atoms with Gasteiger partial charge in [0.05, 0.1) is 12.0 Å². The Hall–Kier alpha value is -3.18. The van der Waals surface area contributed by atoms with Crippen LogP contribution in [0.5, 0.6) is 0 Å². The fraction of sp³-hybridized carbons (Fsp3) is 0.364. The van der Waals surface area contributed by atoms with Gasteiger partial charge >= 0.3 is 5.97 Å². The molecular weight excluding hydrogens is 402 g/mol. The maximum atomic E-state index is 12.6. The molecule has 1 aliphatic rings. The Bertz CT molecular complexity index is 1140. The second-order valence-electron chi connectivity index (χ2n) is 7.30. The smallest absolute Gasteiger partial charge is 0.312 e. The number of carbonyl (C=O) groups excluding carboxylic acids is 2. The maximum absolute atomic E-state index is 12.6. The molecular formula is C22H21N3O4S. The van der Waals surface area contributed by atoms with E-state index >= 15 is 0 Å². The van der Waals surface area contributed by atoms with Crippen LogP contribution >= 0.6 is 11.3 Å². The van der Waals surface area contributed by atoms with Crippen LogP contribution in [-0.2, 0) is 33.6 Å². The number of nitrogens with zero attached hydrogens (tertiary/aromatic N) is 2. The molecule has 0 aliphatic heterocycles. The average Bonchev–Trinajstić information content (AvgIpc) is 3.20. The van der Waals surface area contributed by atoms with E-state index in [1.165, 1.54) is 23.1 Å². The molecule has 1 aromatic carbocycles. The van der Waals surface area contributed by atoms with Crippen molar-refractivity contribution in [3.05, 3.63) is 46.0 Å². The molecule has 0 radical (unpaired) electrons. The predicted molar refractivity (Wildman–Crippen MR) is 112 cm³/mol. The third-order valence-electron chi connectivity index (χ3n) is 5.21. The van der Waals surface area contributed by atoms with Gasteiger partial charge in [-0.1, -0.05) is 23.7 Å². The number of esters is 1. The summed E-state index contributed by atoms with van der Waals surface area (Å²) in [7, 11) is 0. The van der Waals surface area contributed by atoms with E-state index in [1.54, 1.807) is 6.07 Å². The van der Waals surface area contributed by atoms with E-state index in [0.29, 0.717) is 21.8 Å². The Morgan fingerprint density at radius 2 is 2.10 bits per heavy atom. The molecule has 4 rings (SSSR count). The largest absolute Gasteiger partial charge is 0.452 e. The highest BCUT2D eigenvalue weighted by atomic mass is 32.1. The Balaban J connectivity index is 1.40. The number of amides is 1. The molecule has 1 atom stereocenters. The molecule has 0 spiro atoms. The predicted octanol–water partition coefficient (Wildman–Crippen LogP) is 4.14. The Morgan fingerprint density at radius 3 is 2.93 bits per heavy atom. The summed E-state index contributed by atoms with van der Waals surface area (Å²) < 4.78 is 10.5. The number of rotatable bonds is 5. The first-order valence-corrected chi connectivity index (χ1v) is 10.8. The summed E-state index contributed by atoms with van der Waals surface area (Å²) in [5, 5.41) is 17.6. The zero-order valence-corrected chi connectivity index (χ0v) is 17.4. The molecule has 2 aromatic heterocycles. The first-order valence-electron chi connectivity index (χ1n) is 9.95. The summed E-state index contributed by atoms with van der Waals surface area (Å²) in [5.41, 5.74) is 2.65. The second kappa shape index (κ2) is 8.67. The number of carbonyl (C=O) groups is 2. The molecule has 1 unspecified atom stereocenters. The van der Waals surface area contributed by atoms with Crippen LogP contribution in [0.25, 0.3) is 11.0 Å². The van der Waals surface area contributed by atoms with E-state index in [-0.39, 0.29) is 6.42 Å². The molecule has 8 heteroatoms. The van der Waals surface area contributed by atoms with Crippen molar-refractivity contribution in [3.8, 4) is 6.07 Å². The van der Waals surface area contributed by atoms with E-state index in [0.717, 1.165) is 43.1 Å². The zero-order chi connectivity index (χ0) is 21.1. The number of ether oxygens (including phenoxy) is 1. The van der Waals surface area contributed by atoms with E-state index in [2.05, 4.69) is 16.5 Å². The number of anilines is 1. The van der Waals surface area contributed by atoms with Crippen molar-refractivity contribution in [2.24, 2.45) is 0 Å². The van der Waals surface area contributed by atoms with Crippen LogP contribution in [0.3, 0.4) is 0 Å². The number of aromatic nitrogens is 1. The lowest BCUT2D eigenvalue weighted by atomic mass is 10.1. The average molecular weight is 423 g/mol. The van der Waals surface area contributed by atoms with Crippen molar-refractivity contribution in [2.75, 3.05) is 5.32 Å². The highest BCUT2D eigenvalue weighted by molar-refractivity contribution is 7.16. The van der Waals surface area contributed by atoms with E-state index < -0.39 is 18.0 Å². The van der Waals surface area contributed by atoms with Gasteiger partial charge in [0.15, 0.2) is 11.7 Å². The molecule has 30 heavy (non-hydrogen) atoms. The van der Waals surface area contributed by atoms with Crippen molar-refractivity contribution in [2.45, 2.75) is 51.6 Å². The van der Waals surface area contributed by atoms with Crippen molar-refractivity contribution in [1.29, 1.82) is 5.26 Å². The van der Waals surface area contributed by atoms with Gasteiger partial charge in [0, 0.05) is 10.3 Å². The summed E-state index contributed by atoms with van der Waals surface area (Å²) >= 11 is 1.45. The fourth-order valence-corrected chi connectivity index (χ4v) is 4.90. The number of nitriles is 1. The van der Waals surface area contributed by atoms with Crippen LogP contribution in [-0.4, -0.2) is 23.1 Å². The molecule has 0 saturated heterocycles. The number of fused-ring (bicyclic) bond motifs is 2. The Labute approximate surface area is 177 Å². The topological polar surface area (TPSA) is 105 Å². The van der Waals surface area contributed by atoms with Gasteiger partial charge in [0.25, 0.3) is 5.91 Å². The monoisotopic (exact) mass is 423 g/mol. The number of benzene rings is 1. The molecule has 3 aromatic rings. The molecule has 1 aliphatic carbocycles. The lowest BCUT2D eigenvalue weighted by molar-refractivity contribution is -0.152. The number of thiophene rings is 1. The summed E-state index contributed by atoms with van der Waals surface area (Å²) in [6.45, 7) is 1.51. The minimum absolute atomic E-state index is 0.0919. The van der Waals surface area contributed by atoms with Gasteiger partial charge in [0.1, 0.15) is 16.8 Å². The molecule has 2 heterocycles. The van der Waals surface area contributed by atoms with Crippen molar-refractivity contribution >= 4 is 39.2 Å². The highest BCUT2D eigenvalue weighted by Gasteiger charge is 2.24. The quantitative estimate of drug-likeness (QED) is 0.488. The molecule has 1 amide bonds. The lowest BCUT2D eigenvalue weighted by Gasteiger charge is -2.12. The third kappa shape index (κ3) is 4.07. The fourth-order valence-electron chi connectivity index (χ4n) is 3.66. The highest BCUT2D eigenvalue weighted by Crippen LogP contribution is 2.37. The summed E-state index contributed by atoms with van der Waals surface area (Å²) in [6, 6.07) is 9.47. The second-order valence-corrected chi connectivity index (χ2v) is 8.41. The number of aryl methyl sites for hydroxylation is 1. The van der Waals surface area contributed by atoms with Gasteiger partial charge in [0.2, 0.25) is 0 Å².